The van der Waals surface area contributed by atoms with Gasteiger partial charge >= 0.3 is 0 Å². The fourth-order valence-electron chi connectivity index (χ4n) is 6.20. The molecule has 1 spiro atoms. The Labute approximate surface area is 160 Å². The van der Waals surface area contributed by atoms with Crippen LogP contribution in [0.5, 0.6) is 0 Å². The van der Waals surface area contributed by atoms with E-state index in [4.69, 9.17) is 5.73 Å². The predicted molar refractivity (Wildman–Crippen MR) is 112 cm³/mol. The molecule has 3 aromatic rings. The molecule has 132 valence electrons. The average Bonchev–Trinajstić information content (AvgIpc) is 3.14. The van der Waals surface area contributed by atoms with Crippen molar-refractivity contribution in [2.45, 2.75) is 24.7 Å². The van der Waals surface area contributed by atoms with Gasteiger partial charge in [0.25, 0.3) is 0 Å². The minimum Gasteiger partial charge on any atom is -0.399 e. The van der Waals surface area contributed by atoms with Gasteiger partial charge in [0, 0.05) is 11.6 Å². The highest BCUT2D eigenvalue weighted by Gasteiger charge is 2.57. The highest BCUT2D eigenvalue weighted by atomic mass is 14.6. The van der Waals surface area contributed by atoms with Gasteiger partial charge in [0.05, 0.1) is 5.41 Å². The summed E-state index contributed by atoms with van der Waals surface area (Å²) in [5, 5.41) is 0. The molecule has 0 bridgehead atoms. The van der Waals surface area contributed by atoms with Gasteiger partial charge in [-0.05, 0) is 63.8 Å². The summed E-state index contributed by atoms with van der Waals surface area (Å²) < 4.78 is 0. The second-order valence-electron chi connectivity index (χ2n) is 8.48. The predicted octanol–water partition coefficient (Wildman–Crippen LogP) is 5.89. The molecule has 4 atom stereocenters. The lowest BCUT2D eigenvalue weighted by molar-refractivity contribution is 0.314. The Balaban J connectivity index is 1.78. The van der Waals surface area contributed by atoms with Crippen LogP contribution in [-0.2, 0) is 5.41 Å². The van der Waals surface area contributed by atoms with E-state index in [-0.39, 0.29) is 5.41 Å². The van der Waals surface area contributed by atoms with Crippen LogP contribution in [0.4, 0.5) is 5.69 Å². The summed E-state index contributed by atoms with van der Waals surface area (Å²) in [6, 6.07) is 24.7. The molecule has 3 aliphatic carbocycles. The van der Waals surface area contributed by atoms with E-state index >= 15 is 0 Å². The molecule has 1 nitrogen and oxygen atoms in total. The van der Waals surface area contributed by atoms with Gasteiger partial charge in [-0.25, -0.2) is 0 Å². The van der Waals surface area contributed by atoms with E-state index in [2.05, 4.69) is 85.8 Å². The first-order valence-electron chi connectivity index (χ1n) is 9.99. The van der Waals surface area contributed by atoms with Gasteiger partial charge in [-0.3, -0.25) is 0 Å². The van der Waals surface area contributed by atoms with E-state index in [1.807, 2.05) is 0 Å². The third-order valence-corrected chi connectivity index (χ3v) is 7.12. The number of allylic oxidation sites excluding steroid dienone is 2. The molecule has 27 heavy (non-hydrogen) atoms. The zero-order valence-electron chi connectivity index (χ0n) is 15.5. The molecule has 3 aromatic carbocycles. The zero-order chi connectivity index (χ0) is 18.2. The second kappa shape index (κ2) is 5.13. The molecule has 0 saturated heterocycles. The van der Waals surface area contributed by atoms with Crippen molar-refractivity contribution in [2.24, 2.45) is 11.8 Å². The van der Waals surface area contributed by atoms with Crippen LogP contribution < -0.4 is 5.73 Å². The number of hydrogen-bond donors (Lipinski definition) is 1. The molecule has 1 heteroatoms. The van der Waals surface area contributed by atoms with Crippen LogP contribution in [0.25, 0.3) is 11.1 Å². The molecule has 0 fully saturated rings. The summed E-state index contributed by atoms with van der Waals surface area (Å²) >= 11 is 0. The molecule has 0 aliphatic heterocycles. The van der Waals surface area contributed by atoms with Crippen molar-refractivity contribution >= 4 is 5.69 Å². The van der Waals surface area contributed by atoms with Crippen molar-refractivity contribution in [1.29, 1.82) is 0 Å². The van der Waals surface area contributed by atoms with Crippen LogP contribution >= 0.6 is 0 Å². The van der Waals surface area contributed by atoms with E-state index in [9.17, 15) is 0 Å². The van der Waals surface area contributed by atoms with Gasteiger partial charge in [-0.15, -0.1) is 0 Å². The summed E-state index contributed by atoms with van der Waals surface area (Å²) in [5.74, 6) is 1.63. The zero-order valence-corrected chi connectivity index (χ0v) is 15.5. The Hall–Kier alpha value is -2.80. The number of benzene rings is 3. The number of anilines is 1. The van der Waals surface area contributed by atoms with E-state index < -0.39 is 0 Å². The lowest BCUT2D eigenvalue weighted by Crippen LogP contribution is -2.35. The van der Waals surface area contributed by atoms with E-state index in [0.717, 1.165) is 5.69 Å². The van der Waals surface area contributed by atoms with Gasteiger partial charge in [0.15, 0.2) is 0 Å². The molecule has 0 amide bonds. The van der Waals surface area contributed by atoms with Crippen LogP contribution in [0.3, 0.4) is 0 Å². The summed E-state index contributed by atoms with van der Waals surface area (Å²) in [6.07, 6.45) is 6.09. The lowest BCUT2D eigenvalue weighted by atomic mass is 9.62. The first-order chi connectivity index (χ1) is 13.2. The van der Waals surface area contributed by atoms with Crippen molar-refractivity contribution < 1.29 is 0 Å². The van der Waals surface area contributed by atoms with Crippen LogP contribution in [-0.4, -0.2) is 0 Å². The highest BCUT2D eigenvalue weighted by molar-refractivity contribution is 5.86. The molecule has 0 heterocycles. The summed E-state index contributed by atoms with van der Waals surface area (Å²) in [6.45, 7) is 2.35. The number of nitrogen functional groups attached to an aromatic ring is 1. The van der Waals surface area contributed by atoms with Crippen molar-refractivity contribution in [3.8, 4) is 11.1 Å². The number of nitrogens with two attached hydrogens (primary N) is 1. The monoisotopic (exact) mass is 349 g/mol. The molecule has 4 unspecified atom stereocenters. The highest BCUT2D eigenvalue weighted by Crippen LogP contribution is 2.66. The summed E-state index contributed by atoms with van der Waals surface area (Å²) in [4.78, 5) is 0. The quantitative estimate of drug-likeness (QED) is 0.397. The summed E-state index contributed by atoms with van der Waals surface area (Å²) in [7, 11) is 0. The smallest absolute Gasteiger partial charge is 0.0504 e. The number of rotatable bonds is 0. The lowest BCUT2D eigenvalue weighted by Gasteiger charge is -2.39. The number of hydrogen-bond acceptors (Lipinski definition) is 1. The molecule has 0 radical (unpaired) electrons. The van der Waals surface area contributed by atoms with Gasteiger partial charge in [-0.2, -0.15) is 0 Å². The van der Waals surface area contributed by atoms with Crippen molar-refractivity contribution in [3.05, 3.63) is 101 Å². The fraction of sp³-hybridized carbons (Fsp3) is 0.231. The molecule has 6 rings (SSSR count). The first-order valence-corrected chi connectivity index (χ1v) is 9.99. The van der Waals surface area contributed by atoms with E-state index in [1.54, 1.807) is 0 Å². The second-order valence-corrected chi connectivity index (χ2v) is 8.48. The molecule has 0 aromatic heterocycles. The van der Waals surface area contributed by atoms with Crippen molar-refractivity contribution in [3.63, 3.8) is 0 Å². The van der Waals surface area contributed by atoms with Crippen LogP contribution in [0.15, 0.2) is 78.9 Å². The maximum absolute atomic E-state index is 6.32. The van der Waals surface area contributed by atoms with Gasteiger partial charge in [-0.1, -0.05) is 73.7 Å². The molecule has 3 aliphatic rings. The maximum Gasteiger partial charge on any atom is 0.0504 e. The first kappa shape index (κ1) is 15.3. The normalized spacial score (nSPS) is 29.3. The Morgan fingerprint density at radius 3 is 2.44 bits per heavy atom. The SMILES string of the molecule is CC1C=CC2c3ccccc3C3(c4ccccc4-c4ccc(N)cc43)C2C1. The van der Waals surface area contributed by atoms with Crippen LogP contribution in [0, 0.1) is 11.8 Å². The molecule has 2 N–H and O–H groups in total. The Morgan fingerprint density at radius 1 is 0.815 bits per heavy atom. The van der Waals surface area contributed by atoms with Crippen molar-refractivity contribution in [2.75, 3.05) is 5.73 Å². The average molecular weight is 349 g/mol. The van der Waals surface area contributed by atoms with Gasteiger partial charge in [0.1, 0.15) is 0 Å². The topological polar surface area (TPSA) is 26.0 Å². The fourth-order valence-corrected chi connectivity index (χ4v) is 6.20. The third kappa shape index (κ3) is 1.75. The van der Waals surface area contributed by atoms with Crippen molar-refractivity contribution in [1.82, 2.24) is 0 Å². The molecular weight excluding hydrogens is 326 g/mol. The largest absolute Gasteiger partial charge is 0.399 e. The third-order valence-electron chi connectivity index (χ3n) is 7.12. The molecule has 0 saturated carbocycles. The molecular formula is C26H23N. The van der Waals surface area contributed by atoms with Gasteiger partial charge in [0.2, 0.25) is 0 Å². The minimum absolute atomic E-state index is 0.0818. The van der Waals surface area contributed by atoms with Gasteiger partial charge < -0.3 is 5.73 Å². The Morgan fingerprint density at radius 2 is 1.56 bits per heavy atom. The number of fused-ring (bicyclic) bond motifs is 10. The Kier molecular flexibility index (Phi) is 2.90. The minimum atomic E-state index is -0.0818. The Bertz CT molecular complexity index is 1110. The summed E-state index contributed by atoms with van der Waals surface area (Å²) in [5.41, 5.74) is 15.7. The van der Waals surface area contributed by atoms with Crippen LogP contribution in [0.1, 0.15) is 41.5 Å². The standard InChI is InChI=1S/C26H23N/c1-16-10-12-20-18-6-2-4-8-22(18)26(24(20)14-16)23-9-5-3-7-19(23)21-13-11-17(27)15-25(21)26/h2-13,15-16,20,24H,14,27H2,1H3. The van der Waals surface area contributed by atoms with Crippen LogP contribution in [0.2, 0.25) is 0 Å². The van der Waals surface area contributed by atoms with E-state index in [0.29, 0.717) is 17.8 Å². The van der Waals surface area contributed by atoms with E-state index in [1.165, 1.54) is 39.8 Å². The maximum atomic E-state index is 6.32.